The van der Waals surface area contributed by atoms with Crippen LogP contribution in [0.25, 0.3) is 21.5 Å². The predicted molar refractivity (Wildman–Crippen MR) is 74.4 cm³/mol. The van der Waals surface area contributed by atoms with Gasteiger partial charge in [-0.1, -0.05) is 24.3 Å². The fraction of sp³-hybridized carbons (Fsp3) is 0.0625. The van der Waals surface area contributed by atoms with Crippen molar-refractivity contribution in [3.05, 3.63) is 54.1 Å². The van der Waals surface area contributed by atoms with Crippen molar-refractivity contribution in [1.29, 1.82) is 0 Å². The van der Waals surface area contributed by atoms with Crippen LogP contribution in [-0.4, -0.2) is 13.3 Å². The van der Waals surface area contributed by atoms with Crippen LogP contribution in [0.4, 0.5) is 13.6 Å². The van der Waals surface area contributed by atoms with Crippen LogP contribution in [0.1, 0.15) is 0 Å². The summed E-state index contributed by atoms with van der Waals surface area (Å²) in [5.74, 6) is -1.38. The van der Waals surface area contributed by atoms with E-state index in [1.165, 1.54) is 24.3 Å². The highest BCUT2D eigenvalue weighted by Crippen LogP contribution is 2.38. The Hall–Kier alpha value is -2.69. The standard InChI is InChI=1S/C16H10F2O3/c1-20-16(19)21-15-13-9(4-2-6-11(13)17)8-10-5-3-7-12(18)14(10)15/h2-8H,1H3. The molecule has 106 valence electrons. The Labute approximate surface area is 118 Å². The van der Waals surface area contributed by atoms with Crippen LogP contribution in [-0.2, 0) is 4.74 Å². The van der Waals surface area contributed by atoms with Gasteiger partial charge in [0, 0.05) is 0 Å². The molecule has 0 fully saturated rings. The normalized spacial score (nSPS) is 10.8. The average Bonchev–Trinajstić information content (AvgIpc) is 2.46. The minimum atomic E-state index is -1.03. The van der Waals surface area contributed by atoms with Gasteiger partial charge in [0.1, 0.15) is 11.6 Å². The van der Waals surface area contributed by atoms with Crippen LogP contribution in [0.15, 0.2) is 42.5 Å². The third-order valence-corrected chi connectivity index (χ3v) is 3.21. The Morgan fingerprint density at radius 3 is 1.95 bits per heavy atom. The van der Waals surface area contributed by atoms with E-state index >= 15 is 0 Å². The quantitative estimate of drug-likeness (QED) is 0.378. The number of methoxy groups -OCH3 is 1. The number of fused-ring (bicyclic) bond motifs is 2. The third-order valence-electron chi connectivity index (χ3n) is 3.21. The van der Waals surface area contributed by atoms with Gasteiger partial charge in [-0.2, -0.15) is 0 Å². The lowest BCUT2D eigenvalue weighted by Crippen LogP contribution is -2.08. The lowest BCUT2D eigenvalue weighted by atomic mass is 10.0. The molecule has 0 unspecified atom stereocenters. The number of carbonyl (C=O) groups excluding carboxylic acids is 1. The van der Waals surface area contributed by atoms with Gasteiger partial charge in [-0.15, -0.1) is 0 Å². The fourth-order valence-electron chi connectivity index (χ4n) is 2.32. The lowest BCUT2D eigenvalue weighted by molar-refractivity contribution is 0.122. The van der Waals surface area contributed by atoms with Crippen molar-refractivity contribution in [3.8, 4) is 5.75 Å². The van der Waals surface area contributed by atoms with Gasteiger partial charge in [0.15, 0.2) is 5.75 Å². The maximum absolute atomic E-state index is 14.1. The Morgan fingerprint density at radius 2 is 1.48 bits per heavy atom. The molecule has 0 bridgehead atoms. The number of hydrogen-bond acceptors (Lipinski definition) is 3. The van der Waals surface area contributed by atoms with E-state index in [1.54, 1.807) is 18.2 Å². The summed E-state index contributed by atoms with van der Waals surface area (Å²) in [6.45, 7) is 0. The summed E-state index contributed by atoms with van der Waals surface area (Å²) in [7, 11) is 1.13. The van der Waals surface area contributed by atoms with Gasteiger partial charge in [0.2, 0.25) is 0 Å². The molecule has 0 aromatic heterocycles. The predicted octanol–water partition coefficient (Wildman–Crippen LogP) is 4.42. The second-order valence-corrected chi connectivity index (χ2v) is 4.44. The summed E-state index contributed by atoms with van der Waals surface area (Å²) in [5.41, 5.74) is 0. The highest BCUT2D eigenvalue weighted by Gasteiger charge is 2.18. The first-order chi connectivity index (χ1) is 10.1. The number of benzene rings is 3. The van der Waals surface area contributed by atoms with Crippen molar-refractivity contribution in [1.82, 2.24) is 0 Å². The van der Waals surface area contributed by atoms with Crippen molar-refractivity contribution < 1.29 is 23.0 Å². The smallest absolute Gasteiger partial charge is 0.437 e. The van der Waals surface area contributed by atoms with Crippen molar-refractivity contribution >= 4 is 27.7 Å². The Bertz CT molecular complexity index is 799. The van der Waals surface area contributed by atoms with E-state index in [4.69, 9.17) is 4.74 Å². The number of ether oxygens (including phenoxy) is 2. The van der Waals surface area contributed by atoms with E-state index < -0.39 is 17.8 Å². The fourth-order valence-corrected chi connectivity index (χ4v) is 2.32. The molecule has 5 heteroatoms. The summed E-state index contributed by atoms with van der Waals surface area (Å²) in [6, 6.07) is 10.5. The zero-order valence-corrected chi connectivity index (χ0v) is 11.0. The van der Waals surface area contributed by atoms with Gasteiger partial charge < -0.3 is 9.47 Å². The van der Waals surface area contributed by atoms with Crippen LogP contribution in [0.5, 0.6) is 5.75 Å². The molecule has 0 spiro atoms. The highest BCUT2D eigenvalue weighted by molar-refractivity contribution is 6.06. The summed E-state index contributed by atoms with van der Waals surface area (Å²) >= 11 is 0. The highest BCUT2D eigenvalue weighted by atomic mass is 19.1. The van der Waals surface area contributed by atoms with Crippen LogP contribution in [0, 0.1) is 11.6 Å². The van der Waals surface area contributed by atoms with Crippen molar-refractivity contribution in [3.63, 3.8) is 0 Å². The van der Waals surface area contributed by atoms with Crippen LogP contribution >= 0.6 is 0 Å². The van der Waals surface area contributed by atoms with E-state index in [0.29, 0.717) is 10.8 Å². The summed E-state index contributed by atoms with van der Waals surface area (Å²) < 4.78 is 37.6. The average molecular weight is 288 g/mol. The molecule has 0 atom stereocenters. The SMILES string of the molecule is COC(=O)Oc1c2c(F)cccc2cc2cccc(F)c12. The van der Waals surface area contributed by atoms with Gasteiger partial charge in [-0.25, -0.2) is 13.6 Å². The molecule has 0 saturated heterocycles. The van der Waals surface area contributed by atoms with Crippen molar-refractivity contribution in [2.24, 2.45) is 0 Å². The number of rotatable bonds is 1. The molecule has 3 nitrogen and oxygen atoms in total. The molecule has 0 aliphatic carbocycles. The first kappa shape index (κ1) is 13.3. The Balaban J connectivity index is 2.47. The Kier molecular flexibility index (Phi) is 3.17. The molecule has 3 rings (SSSR count). The zero-order chi connectivity index (χ0) is 15.0. The van der Waals surface area contributed by atoms with Crippen molar-refractivity contribution in [2.45, 2.75) is 0 Å². The summed E-state index contributed by atoms with van der Waals surface area (Å²) in [6.07, 6.45) is -1.03. The first-order valence-corrected chi connectivity index (χ1v) is 6.17. The third kappa shape index (κ3) is 2.16. The maximum atomic E-state index is 14.1. The molecule has 0 radical (unpaired) electrons. The van der Waals surface area contributed by atoms with Gasteiger partial charge >= 0.3 is 6.16 Å². The van der Waals surface area contributed by atoms with Crippen LogP contribution in [0.2, 0.25) is 0 Å². The molecule has 3 aromatic rings. The largest absolute Gasteiger partial charge is 0.513 e. The van der Waals surface area contributed by atoms with E-state index in [-0.39, 0.29) is 16.5 Å². The summed E-state index contributed by atoms with van der Waals surface area (Å²) in [4.78, 5) is 11.4. The van der Waals surface area contributed by atoms with E-state index in [2.05, 4.69) is 4.74 Å². The molecule has 0 aliphatic rings. The molecular weight excluding hydrogens is 278 g/mol. The van der Waals surface area contributed by atoms with Crippen LogP contribution < -0.4 is 4.74 Å². The number of hydrogen-bond donors (Lipinski definition) is 0. The van der Waals surface area contributed by atoms with Gasteiger partial charge in [-0.3, -0.25) is 0 Å². The number of halogens is 2. The first-order valence-electron chi connectivity index (χ1n) is 6.17. The molecular formula is C16H10F2O3. The second-order valence-electron chi connectivity index (χ2n) is 4.44. The molecule has 21 heavy (non-hydrogen) atoms. The minimum absolute atomic E-state index is 0.0421. The molecule has 3 aromatic carbocycles. The van der Waals surface area contributed by atoms with E-state index in [0.717, 1.165) is 7.11 Å². The lowest BCUT2D eigenvalue weighted by Gasteiger charge is -2.12. The molecule has 0 heterocycles. The topological polar surface area (TPSA) is 35.5 Å². The van der Waals surface area contributed by atoms with E-state index in [9.17, 15) is 13.6 Å². The molecule has 0 saturated carbocycles. The summed E-state index contributed by atoms with van der Waals surface area (Å²) in [5, 5.41) is 1.10. The molecule has 0 amide bonds. The second kappa shape index (κ2) is 5.01. The minimum Gasteiger partial charge on any atom is -0.437 e. The number of carbonyl (C=O) groups is 1. The van der Waals surface area contributed by atoms with Gasteiger partial charge in [-0.05, 0) is 29.0 Å². The molecule has 0 aliphatic heterocycles. The van der Waals surface area contributed by atoms with Gasteiger partial charge in [0.25, 0.3) is 0 Å². The monoisotopic (exact) mass is 288 g/mol. The Morgan fingerprint density at radius 1 is 0.952 bits per heavy atom. The zero-order valence-electron chi connectivity index (χ0n) is 11.0. The van der Waals surface area contributed by atoms with E-state index in [1.807, 2.05) is 0 Å². The van der Waals surface area contributed by atoms with Crippen molar-refractivity contribution in [2.75, 3.05) is 7.11 Å². The maximum Gasteiger partial charge on any atom is 0.513 e. The van der Waals surface area contributed by atoms with Gasteiger partial charge in [0.05, 0.1) is 17.9 Å². The van der Waals surface area contributed by atoms with Crippen LogP contribution in [0.3, 0.4) is 0 Å². The molecule has 0 N–H and O–H groups in total.